The highest BCUT2D eigenvalue weighted by Crippen LogP contribution is 2.31. The molecular formula is C15H14BrClFNO. The van der Waals surface area contributed by atoms with E-state index < -0.39 is 5.82 Å². The van der Waals surface area contributed by atoms with E-state index in [1.54, 1.807) is 0 Å². The standard InChI is InChI=1S/C15H14BrClFNO/c1-9(19)15(10-3-2-4-11(16)7-10)20-14-6-5-12(18)8-13(14)17/h2-9,15H,19H2,1H3. The average molecular weight is 359 g/mol. The molecule has 20 heavy (non-hydrogen) atoms. The minimum Gasteiger partial charge on any atom is -0.483 e. The fraction of sp³-hybridized carbons (Fsp3) is 0.200. The van der Waals surface area contributed by atoms with Gasteiger partial charge in [-0.15, -0.1) is 0 Å². The summed E-state index contributed by atoms with van der Waals surface area (Å²) in [5.41, 5.74) is 6.91. The number of hydrogen-bond acceptors (Lipinski definition) is 2. The largest absolute Gasteiger partial charge is 0.483 e. The van der Waals surface area contributed by atoms with E-state index in [0.29, 0.717) is 5.75 Å². The molecule has 0 bridgehead atoms. The van der Waals surface area contributed by atoms with Gasteiger partial charge in [-0.05, 0) is 42.8 Å². The zero-order valence-electron chi connectivity index (χ0n) is 10.8. The summed E-state index contributed by atoms with van der Waals surface area (Å²) in [6.45, 7) is 1.85. The van der Waals surface area contributed by atoms with Crippen LogP contribution in [-0.4, -0.2) is 6.04 Å². The molecule has 2 atom stereocenters. The highest BCUT2D eigenvalue weighted by atomic mass is 79.9. The third kappa shape index (κ3) is 3.72. The van der Waals surface area contributed by atoms with E-state index in [4.69, 9.17) is 22.1 Å². The number of hydrogen-bond donors (Lipinski definition) is 1. The molecule has 5 heteroatoms. The van der Waals surface area contributed by atoms with E-state index in [1.165, 1.54) is 18.2 Å². The molecule has 0 radical (unpaired) electrons. The first-order valence-electron chi connectivity index (χ1n) is 6.10. The minimum atomic E-state index is -0.401. The van der Waals surface area contributed by atoms with Gasteiger partial charge in [-0.25, -0.2) is 4.39 Å². The molecule has 0 heterocycles. The van der Waals surface area contributed by atoms with Gasteiger partial charge in [-0.2, -0.15) is 0 Å². The van der Waals surface area contributed by atoms with Crippen LogP contribution in [0.3, 0.4) is 0 Å². The molecule has 2 N–H and O–H groups in total. The molecular weight excluding hydrogens is 345 g/mol. The summed E-state index contributed by atoms with van der Waals surface area (Å²) in [6.07, 6.45) is -0.365. The van der Waals surface area contributed by atoms with E-state index >= 15 is 0 Å². The first-order valence-corrected chi connectivity index (χ1v) is 7.27. The third-order valence-electron chi connectivity index (χ3n) is 2.80. The lowest BCUT2D eigenvalue weighted by molar-refractivity contribution is 0.180. The van der Waals surface area contributed by atoms with Gasteiger partial charge in [0.15, 0.2) is 0 Å². The Labute approximate surface area is 130 Å². The van der Waals surface area contributed by atoms with Crippen LogP contribution < -0.4 is 10.5 Å². The first kappa shape index (κ1) is 15.3. The molecule has 2 nitrogen and oxygen atoms in total. The van der Waals surface area contributed by atoms with Crippen LogP contribution in [0.25, 0.3) is 0 Å². The second kappa shape index (κ2) is 6.57. The molecule has 2 aromatic rings. The Bertz CT molecular complexity index is 606. The van der Waals surface area contributed by atoms with E-state index in [2.05, 4.69) is 15.9 Å². The minimum absolute atomic E-state index is 0.227. The Morgan fingerprint density at radius 3 is 2.60 bits per heavy atom. The van der Waals surface area contributed by atoms with Crippen LogP contribution in [0.5, 0.6) is 5.75 Å². The van der Waals surface area contributed by atoms with Gasteiger partial charge >= 0.3 is 0 Å². The number of nitrogens with two attached hydrogens (primary N) is 1. The second-order valence-corrected chi connectivity index (χ2v) is 5.85. The fourth-order valence-corrected chi connectivity index (χ4v) is 2.50. The maximum atomic E-state index is 13.0. The summed E-state index contributed by atoms with van der Waals surface area (Å²) in [7, 11) is 0. The smallest absolute Gasteiger partial charge is 0.139 e. The van der Waals surface area contributed by atoms with Crippen molar-refractivity contribution in [3.8, 4) is 5.75 Å². The summed E-state index contributed by atoms with van der Waals surface area (Å²) in [5, 5.41) is 0.227. The molecule has 0 fully saturated rings. The van der Waals surface area contributed by atoms with Gasteiger partial charge in [-0.1, -0.05) is 39.7 Å². The summed E-state index contributed by atoms with van der Waals surface area (Å²) >= 11 is 9.40. The van der Waals surface area contributed by atoms with Crippen LogP contribution in [0.2, 0.25) is 5.02 Å². The van der Waals surface area contributed by atoms with Crippen molar-refractivity contribution in [1.29, 1.82) is 0 Å². The van der Waals surface area contributed by atoms with Crippen molar-refractivity contribution in [2.24, 2.45) is 5.73 Å². The molecule has 2 aromatic carbocycles. The predicted molar refractivity (Wildman–Crippen MR) is 82.6 cm³/mol. The summed E-state index contributed by atoms with van der Waals surface area (Å²) < 4.78 is 19.8. The van der Waals surface area contributed by atoms with Crippen LogP contribution in [0.1, 0.15) is 18.6 Å². The molecule has 0 spiro atoms. The Kier molecular flexibility index (Phi) is 5.02. The summed E-state index contributed by atoms with van der Waals surface area (Å²) in [6, 6.07) is 11.5. The quantitative estimate of drug-likeness (QED) is 0.859. The van der Waals surface area contributed by atoms with Crippen LogP contribution in [-0.2, 0) is 0 Å². The van der Waals surface area contributed by atoms with E-state index in [1.807, 2.05) is 31.2 Å². The summed E-state index contributed by atoms with van der Waals surface area (Å²) in [5.74, 6) is 0.0116. The topological polar surface area (TPSA) is 35.2 Å². The molecule has 2 rings (SSSR count). The number of ether oxygens (including phenoxy) is 1. The first-order chi connectivity index (χ1) is 9.47. The number of halogens is 3. The van der Waals surface area contributed by atoms with Crippen molar-refractivity contribution in [2.75, 3.05) is 0 Å². The normalized spacial score (nSPS) is 13.8. The lowest BCUT2D eigenvalue weighted by Gasteiger charge is -2.23. The Balaban J connectivity index is 2.30. The Hall–Kier alpha value is -1.10. The SMILES string of the molecule is CC(N)C(Oc1ccc(F)cc1Cl)c1cccc(Br)c1. The van der Waals surface area contributed by atoms with Crippen molar-refractivity contribution >= 4 is 27.5 Å². The Morgan fingerprint density at radius 2 is 2.00 bits per heavy atom. The van der Waals surface area contributed by atoms with Crippen LogP contribution in [0.15, 0.2) is 46.9 Å². The molecule has 0 aliphatic carbocycles. The van der Waals surface area contributed by atoms with E-state index in [-0.39, 0.29) is 17.2 Å². The van der Waals surface area contributed by atoms with Crippen molar-refractivity contribution < 1.29 is 9.13 Å². The van der Waals surface area contributed by atoms with Crippen LogP contribution in [0, 0.1) is 5.82 Å². The van der Waals surface area contributed by atoms with Gasteiger partial charge in [0, 0.05) is 10.5 Å². The highest BCUT2D eigenvalue weighted by molar-refractivity contribution is 9.10. The predicted octanol–water partition coefficient (Wildman–Crippen LogP) is 4.71. The highest BCUT2D eigenvalue weighted by Gasteiger charge is 2.19. The van der Waals surface area contributed by atoms with E-state index in [0.717, 1.165) is 10.0 Å². The van der Waals surface area contributed by atoms with Gasteiger partial charge in [0.25, 0.3) is 0 Å². The van der Waals surface area contributed by atoms with Crippen LogP contribution >= 0.6 is 27.5 Å². The Morgan fingerprint density at radius 1 is 1.25 bits per heavy atom. The number of rotatable bonds is 4. The maximum Gasteiger partial charge on any atom is 0.139 e. The second-order valence-electron chi connectivity index (χ2n) is 4.53. The molecule has 2 unspecified atom stereocenters. The molecule has 0 aromatic heterocycles. The average Bonchev–Trinajstić information content (AvgIpc) is 2.37. The number of benzene rings is 2. The van der Waals surface area contributed by atoms with Gasteiger partial charge in [0.05, 0.1) is 5.02 Å². The molecule has 0 amide bonds. The monoisotopic (exact) mass is 357 g/mol. The van der Waals surface area contributed by atoms with Gasteiger partial charge in [0.1, 0.15) is 17.7 Å². The molecule has 0 aliphatic rings. The molecule has 0 saturated heterocycles. The van der Waals surface area contributed by atoms with E-state index in [9.17, 15) is 4.39 Å². The van der Waals surface area contributed by atoms with Crippen molar-refractivity contribution in [3.63, 3.8) is 0 Å². The molecule has 0 aliphatic heterocycles. The van der Waals surface area contributed by atoms with Gasteiger partial charge in [0.2, 0.25) is 0 Å². The third-order valence-corrected chi connectivity index (χ3v) is 3.59. The molecule has 0 saturated carbocycles. The lowest BCUT2D eigenvalue weighted by atomic mass is 10.0. The molecule has 106 valence electrons. The van der Waals surface area contributed by atoms with Gasteiger partial charge < -0.3 is 10.5 Å². The lowest BCUT2D eigenvalue weighted by Crippen LogP contribution is -2.29. The summed E-state index contributed by atoms with van der Waals surface area (Å²) in [4.78, 5) is 0. The fourth-order valence-electron chi connectivity index (χ4n) is 1.87. The van der Waals surface area contributed by atoms with Crippen molar-refractivity contribution in [1.82, 2.24) is 0 Å². The maximum absolute atomic E-state index is 13.0. The van der Waals surface area contributed by atoms with Crippen molar-refractivity contribution in [3.05, 3.63) is 63.3 Å². The zero-order chi connectivity index (χ0) is 14.7. The zero-order valence-corrected chi connectivity index (χ0v) is 13.2. The van der Waals surface area contributed by atoms with Crippen LogP contribution in [0.4, 0.5) is 4.39 Å². The van der Waals surface area contributed by atoms with Gasteiger partial charge in [-0.3, -0.25) is 0 Å². The van der Waals surface area contributed by atoms with Crippen molar-refractivity contribution in [2.45, 2.75) is 19.1 Å².